The summed E-state index contributed by atoms with van der Waals surface area (Å²) in [5.41, 5.74) is 3.28. The van der Waals surface area contributed by atoms with Crippen molar-refractivity contribution in [2.45, 2.75) is 25.2 Å². The molecule has 3 nitrogen and oxygen atoms in total. The summed E-state index contributed by atoms with van der Waals surface area (Å²) >= 11 is 3.49. The molecule has 1 aliphatic carbocycles. The van der Waals surface area contributed by atoms with Crippen LogP contribution in [0.15, 0.2) is 28.9 Å². The Hall–Kier alpha value is -1.13. The monoisotopic (exact) mass is 306 g/mol. The lowest BCUT2D eigenvalue weighted by atomic mass is 10.1. The van der Waals surface area contributed by atoms with Crippen LogP contribution in [-0.2, 0) is 5.41 Å². The molecule has 2 aromatic rings. The smallest absolute Gasteiger partial charge is 0.115 e. The van der Waals surface area contributed by atoms with Crippen molar-refractivity contribution in [3.63, 3.8) is 0 Å². The topological polar surface area (TPSA) is 48.9 Å². The standard InChI is InChI=1S/C14H15BrN2O/c1-9-2-3-10(15)6-11(9)12-7-16-13(17-12)14(8-18)4-5-14/h2-3,6-7,18H,4-5,8H2,1H3,(H,16,17). The number of aromatic amines is 1. The summed E-state index contributed by atoms with van der Waals surface area (Å²) in [5, 5.41) is 9.42. The van der Waals surface area contributed by atoms with Crippen LogP contribution in [-0.4, -0.2) is 21.7 Å². The van der Waals surface area contributed by atoms with E-state index in [0.29, 0.717) is 0 Å². The average Bonchev–Trinajstić information content (AvgIpc) is 3.02. The SMILES string of the molecule is Cc1ccc(Br)cc1-c1cnc(C2(CO)CC2)[nH]1. The second-order valence-electron chi connectivity index (χ2n) is 5.04. The Balaban J connectivity index is 2.00. The minimum Gasteiger partial charge on any atom is -0.395 e. The quantitative estimate of drug-likeness (QED) is 0.915. The van der Waals surface area contributed by atoms with Gasteiger partial charge >= 0.3 is 0 Å². The second kappa shape index (κ2) is 4.21. The van der Waals surface area contributed by atoms with Gasteiger partial charge in [-0.15, -0.1) is 0 Å². The molecular formula is C14H15BrN2O. The van der Waals surface area contributed by atoms with Crippen LogP contribution in [0.25, 0.3) is 11.3 Å². The molecule has 3 rings (SSSR count). The normalized spacial score (nSPS) is 16.8. The molecule has 2 N–H and O–H groups in total. The zero-order valence-electron chi connectivity index (χ0n) is 10.2. The highest BCUT2D eigenvalue weighted by atomic mass is 79.9. The molecule has 1 saturated carbocycles. The van der Waals surface area contributed by atoms with Crippen molar-refractivity contribution in [2.75, 3.05) is 6.61 Å². The second-order valence-corrected chi connectivity index (χ2v) is 5.96. The molecule has 0 radical (unpaired) electrons. The van der Waals surface area contributed by atoms with E-state index in [1.54, 1.807) is 0 Å². The number of nitrogens with zero attached hydrogens (tertiary/aromatic N) is 1. The van der Waals surface area contributed by atoms with Crippen molar-refractivity contribution in [1.82, 2.24) is 9.97 Å². The number of hydrogen-bond donors (Lipinski definition) is 2. The van der Waals surface area contributed by atoms with Gasteiger partial charge in [0, 0.05) is 10.0 Å². The fourth-order valence-electron chi connectivity index (χ4n) is 2.23. The fourth-order valence-corrected chi connectivity index (χ4v) is 2.59. The van der Waals surface area contributed by atoms with E-state index in [1.807, 2.05) is 12.3 Å². The molecule has 0 unspecified atom stereocenters. The van der Waals surface area contributed by atoms with Crippen LogP contribution >= 0.6 is 15.9 Å². The zero-order valence-corrected chi connectivity index (χ0v) is 11.8. The highest BCUT2D eigenvalue weighted by Crippen LogP contribution is 2.46. The van der Waals surface area contributed by atoms with E-state index in [0.717, 1.165) is 34.4 Å². The molecule has 1 heterocycles. The van der Waals surface area contributed by atoms with Gasteiger partial charge in [0.25, 0.3) is 0 Å². The molecule has 1 aliphatic rings. The molecule has 94 valence electrons. The summed E-state index contributed by atoms with van der Waals surface area (Å²) in [7, 11) is 0. The number of aromatic nitrogens is 2. The highest BCUT2D eigenvalue weighted by molar-refractivity contribution is 9.10. The number of imidazole rings is 1. The van der Waals surface area contributed by atoms with Crippen LogP contribution in [0.4, 0.5) is 0 Å². The molecule has 0 saturated heterocycles. The van der Waals surface area contributed by atoms with Crippen LogP contribution < -0.4 is 0 Å². The summed E-state index contributed by atoms with van der Waals surface area (Å²) in [6.07, 6.45) is 3.90. The van der Waals surface area contributed by atoms with Gasteiger partial charge in [-0.2, -0.15) is 0 Å². The van der Waals surface area contributed by atoms with Crippen LogP contribution in [0.2, 0.25) is 0 Å². The zero-order chi connectivity index (χ0) is 12.8. The Labute approximate surface area is 114 Å². The summed E-state index contributed by atoms with van der Waals surface area (Å²) in [4.78, 5) is 7.80. The molecule has 18 heavy (non-hydrogen) atoms. The summed E-state index contributed by atoms with van der Waals surface area (Å²) in [6, 6.07) is 6.20. The van der Waals surface area contributed by atoms with Gasteiger partial charge in [0.15, 0.2) is 0 Å². The van der Waals surface area contributed by atoms with Crippen LogP contribution in [0.5, 0.6) is 0 Å². The molecule has 4 heteroatoms. The number of halogens is 1. The predicted molar refractivity (Wildman–Crippen MR) is 74.5 cm³/mol. The van der Waals surface area contributed by atoms with Gasteiger partial charge in [-0.05, 0) is 37.5 Å². The van der Waals surface area contributed by atoms with E-state index in [9.17, 15) is 5.11 Å². The van der Waals surface area contributed by atoms with E-state index >= 15 is 0 Å². The van der Waals surface area contributed by atoms with Gasteiger partial charge in [-0.25, -0.2) is 4.98 Å². The molecule has 0 spiro atoms. The van der Waals surface area contributed by atoms with Crippen molar-refractivity contribution in [3.05, 3.63) is 40.3 Å². The molecule has 1 aromatic carbocycles. The number of benzene rings is 1. The van der Waals surface area contributed by atoms with E-state index < -0.39 is 0 Å². The minimum atomic E-state index is -0.0990. The van der Waals surface area contributed by atoms with Gasteiger partial charge in [-0.3, -0.25) is 0 Å². The fraction of sp³-hybridized carbons (Fsp3) is 0.357. The number of aryl methyl sites for hydroxylation is 1. The molecule has 0 atom stereocenters. The number of nitrogens with one attached hydrogen (secondary N) is 1. The van der Waals surface area contributed by atoms with E-state index in [1.165, 1.54) is 5.56 Å². The predicted octanol–water partition coefficient (Wildman–Crippen LogP) is 3.17. The number of aliphatic hydroxyl groups is 1. The Kier molecular flexibility index (Phi) is 2.79. The van der Waals surface area contributed by atoms with Crippen molar-refractivity contribution in [1.29, 1.82) is 0 Å². The van der Waals surface area contributed by atoms with Gasteiger partial charge in [0.05, 0.1) is 23.9 Å². The van der Waals surface area contributed by atoms with E-state index in [2.05, 4.69) is 45.0 Å². The Morgan fingerprint density at radius 3 is 2.89 bits per heavy atom. The Morgan fingerprint density at radius 2 is 2.22 bits per heavy atom. The molecule has 0 bridgehead atoms. The Morgan fingerprint density at radius 1 is 1.44 bits per heavy atom. The summed E-state index contributed by atoms with van der Waals surface area (Å²) < 4.78 is 1.06. The minimum absolute atomic E-state index is 0.0990. The molecule has 1 fully saturated rings. The van der Waals surface area contributed by atoms with E-state index in [4.69, 9.17) is 0 Å². The largest absolute Gasteiger partial charge is 0.395 e. The van der Waals surface area contributed by atoms with Gasteiger partial charge in [-0.1, -0.05) is 22.0 Å². The third-order valence-corrected chi connectivity index (χ3v) is 4.22. The number of rotatable bonds is 3. The first kappa shape index (κ1) is 11.9. The van der Waals surface area contributed by atoms with Crippen LogP contribution in [0.3, 0.4) is 0 Å². The maximum atomic E-state index is 9.42. The van der Waals surface area contributed by atoms with Crippen LogP contribution in [0, 0.1) is 6.92 Å². The van der Waals surface area contributed by atoms with Crippen molar-refractivity contribution < 1.29 is 5.11 Å². The Bertz CT molecular complexity index is 587. The number of H-pyrrole nitrogens is 1. The summed E-state index contributed by atoms with van der Waals surface area (Å²) in [6.45, 7) is 2.26. The maximum absolute atomic E-state index is 9.42. The lowest BCUT2D eigenvalue weighted by Gasteiger charge is -2.07. The lowest BCUT2D eigenvalue weighted by Crippen LogP contribution is -2.13. The first-order valence-electron chi connectivity index (χ1n) is 6.07. The van der Waals surface area contributed by atoms with Gasteiger partial charge in [0.2, 0.25) is 0 Å². The van der Waals surface area contributed by atoms with Crippen LogP contribution in [0.1, 0.15) is 24.2 Å². The molecular weight excluding hydrogens is 292 g/mol. The van der Waals surface area contributed by atoms with Crippen molar-refractivity contribution in [2.24, 2.45) is 0 Å². The third-order valence-electron chi connectivity index (χ3n) is 3.72. The van der Waals surface area contributed by atoms with Crippen molar-refractivity contribution >= 4 is 15.9 Å². The van der Waals surface area contributed by atoms with Gasteiger partial charge < -0.3 is 10.1 Å². The van der Waals surface area contributed by atoms with Crippen molar-refractivity contribution in [3.8, 4) is 11.3 Å². The first-order valence-corrected chi connectivity index (χ1v) is 6.87. The lowest BCUT2D eigenvalue weighted by molar-refractivity contribution is 0.250. The number of aliphatic hydroxyl groups excluding tert-OH is 1. The molecule has 0 aliphatic heterocycles. The highest BCUT2D eigenvalue weighted by Gasteiger charge is 2.46. The third kappa shape index (κ3) is 1.89. The van der Waals surface area contributed by atoms with E-state index in [-0.39, 0.29) is 12.0 Å². The molecule has 0 amide bonds. The number of hydrogen-bond acceptors (Lipinski definition) is 2. The maximum Gasteiger partial charge on any atom is 0.115 e. The molecule has 1 aromatic heterocycles. The first-order chi connectivity index (χ1) is 8.64. The average molecular weight is 307 g/mol. The summed E-state index contributed by atoms with van der Waals surface area (Å²) in [5.74, 6) is 0.916. The van der Waals surface area contributed by atoms with Gasteiger partial charge in [0.1, 0.15) is 5.82 Å².